The summed E-state index contributed by atoms with van der Waals surface area (Å²) >= 11 is 6.04. The topological polar surface area (TPSA) is 46.4 Å². The lowest BCUT2D eigenvalue weighted by atomic mass is 10.0. The number of nitrogens with zero attached hydrogens (tertiary/aromatic N) is 2. The van der Waals surface area contributed by atoms with E-state index in [0.29, 0.717) is 5.02 Å². The highest BCUT2D eigenvalue weighted by atomic mass is 35.5. The van der Waals surface area contributed by atoms with Gasteiger partial charge in [0.2, 0.25) is 5.91 Å². The first-order valence-electron chi connectivity index (χ1n) is 9.93. The summed E-state index contributed by atoms with van der Waals surface area (Å²) in [6.07, 6.45) is 2.19. The van der Waals surface area contributed by atoms with Gasteiger partial charge in [0.15, 0.2) is 0 Å². The molecule has 1 amide bonds. The zero-order valence-corrected chi connectivity index (χ0v) is 18.3. The minimum atomic E-state index is -0.0891. The first-order valence-corrected chi connectivity index (χ1v) is 10.3. The van der Waals surface area contributed by atoms with Crippen LogP contribution in [-0.2, 0) is 11.2 Å². The second-order valence-electron chi connectivity index (χ2n) is 7.78. The SMILES string of the molecule is Cc1ccc(-c2nc3c(C)cccn3c2CC(=O)Nc2ccc(Cl)cc2C)cc1C. The molecular formula is C25H24ClN3O. The van der Waals surface area contributed by atoms with Crippen LogP contribution in [0.25, 0.3) is 16.9 Å². The molecule has 0 saturated carbocycles. The molecule has 0 fully saturated rings. The standard InChI is InChI=1S/C25H24ClN3O/c1-15-7-8-19(12-17(15)3)24-22(29-11-5-6-16(2)25(29)28-24)14-23(30)27-21-10-9-20(26)13-18(21)4/h5-13H,14H2,1-4H3,(H,27,30). The Labute approximate surface area is 181 Å². The zero-order chi connectivity index (χ0) is 21.4. The van der Waals surface area contributed by atoms with Crippen LogP contribution < -0.4 is 5.32 Å². The normalized spacial score (nSPS) is 11.1. The van der Waals surface area contributed by atoms with Gasteiger partial charge in [-0.3, -0.25) is 4.79 Å². The summed E-state index contributed by atoms with van der Waals surface area (Å²) < 4.78 is 2.02. The summed E-state index contributed by atoms with van der Waals surface area (Å²) in [6, 6.07) is 15.8. The summed E-state index contributed by atoms with van der Waals surface area (Å²) in [7, 11) is 0. The molecule has 4 aromatic rings. The number of carbonyl (C=O) groups excluding carboxylic acids is 1. The predicted octanol–water partition coefficient (Wildman–Crippen LogP) is 6.07. The van der Waals surface area contributed by atoms with Crippen molar-refractivity contribution in [1.82, 2.24) is 9.38 Å². The van der Waals surface area contributed by atoms with Crippen molar-refractivity contribution in [1.29, 1.82) is 0 Å². The van der Waals surface area contributed by atoms with Crippen LogP contribution in [0.4, 0.5) is 5.69 Å². The highest BCUT2D eigenvalue weighted by Gasteiger charge is 2.19. The molecule has 1 N–H and O–H groups in total. The Bertz CT molecular complexity index is 1270. The van der Waals surface area contributed by atoms with Crippen molar-refractivity contribution in [2.45, 2.75) is 34.1 Å². The molecule has 0 aliphatic carbocycles. The van der Waals surface area contributed by atoms with Crippen molar-refractivity contribution in [2.75, 3.05) is 5.32 Å². The number of rotatable bonds is 4. The quantitative estimate of drug-likeness (QED) is 0.438. The van der Waals surface area contributed by atoms with Crippen molar-refractivity contribution in [2.24, 2.45) is 0 Å². The van der Waals surface area contributed by atoms with Crippen LogP contribution in [-0.4, -0.2) is 15.3 Å². The minimum absolute atomic E-state index is 0.0891. The molecule has 2 aromatic heterocycles. The van der Waals surface area contributed by atoms with E-state index < -0.39 is 0 Å². The van der Waals surface area contributed by atoms with E-state index in [1.807, 2.05) is 48.7 Å². The van der Waals surface area contributed by atoms with E-state index in [1.165, 1.54) is 11.1 Å². The number of aromatic nitrogens is 2. The Balaban J connectivity index is 1.76. The number of fused-ring (bicyclic) bond motifs is 1. The number of carbonyl (C=O) groups is 1. The number of hydrogen-bond donors (Lipinski definition) is 1. The second-order valence-corrected chi connectivity index (χ2v) is 8.21. The summed E-state index contributed by atoms with van der Waals surface area (Å²) in [5.74, 6) is -0.0891. The third kappa shape index (κ3) is 3.83. The van der Waals surface area contributed by atoms with Crippen LogP contribution in [0, 0.1) is 27.7 Å². The van der Waals surface area contributed by atoms with Gasteiger partial charge in [-0.25, -0.2) is 4.98 Å². The van der Waals surface area contributed by atoms with Gasteiger partial charge in [-0.2, -0.15) is 0 Å². The molecule has 0 aliphatic rings. The third-order valence-corrected chi connectivity index (χ3v) is 5.75. The molecule has 4 nitrogen and oxygen atoms in total. The van der Waals surface area contributed by atoms with Gasteiger partial charge in [-0.05, 0) is 80.3 Å². The van der Waals surface area contributed by atoms with Crippen molar-refractivity contribution in [3.63, 3.8) is 0 Å². The van der Waals surface area contributed by atoms with E-state index in [9.17, 15) is 4.79 Å². The molecule has 0 aliphatic heterocycles. The third-order valence-electron chi connectivity index (χ3n) is 5.51. The number of pyridine rings is 1. The van der Waals surface area contributed by atoms with Gasteiger partial charge in [-0.15, -0.1) is 0 Å². The lowest BCUT2D eigenvalue weighted by Gasteiger charge is -2.10. The van der Waals surface area contributed by atoms with Gasteiger partial charge in [0.25, 0.3) is 0 Å². The van der Waals surface area contributed by atoms with E-state index in [4.69, 9.17) is 16.6 Å². The maximum atomic E-state index is 13.0. The first kappa shape index (κ1) is 20.2. The number of nitrogens with one attached hydrogen (secondary N) is 1. The van der Waals surface area contributed by atoms with Crippen molar-refractivity contribution in [3.8, 4) is 11.3 Å². The number of aryl methyl sites for hydroxylation is 4. The molecule has 0 unspecified atom stereocenters. The number of benzene rings is 2. The fourth-order valence-electron chi connectivity index (χ4n) is 3.66. The smallest absolute Gasteiger partial charge is 0.230 e. The van der Waals surface area contributed by atoms with E-state index in [1.54, 1.807) is 6.07 Å². The molecule has 0 bridgehead atoms. The molecule has 0 spiro atoms. The fraction of sp³-hybridized carbons (Fsp3) is 0.200. The van der Waals surface area contributed by atoms with E-state index in [-0.39, 0.29) is 12.3 Å². The highest BCUT2D eigenvalue weighted by Crippen LogP contribution is 2.28. The maximum absolute atomic E-state index is 13.0. The Kier molecular flexibility index (Phi) is 5.35. The lowest BCUT2D eigenvalue weighted by molar-refractivity contribution is -0.115. The first-order chi connectivity index (χ1) is 14.3. The maximum Gasteiger partial charge on any atom is 0.230 e. The van der Waals surface area contributed by atoms with E-state index in [2.05, 4.69) is 37.4 Å². The molecule has 2 heterocycles. The van der Waals surface area contributed by atoms with Gasteiger partial charge in [0.1, 0.15) is 5.65 Å². The summed E-state index contributed by atoms with van der Waals surface area (Å²) in [6.45, 7) is 8.15. The molecule has 30 heavy (non-hydrogen) atoms. The van der Waals surface area contributed by atoms with E-state index in [0.717, 1.165) is 39.4 Å². The number of imidazole rings is 1. The van der Waals surface area contributed by atoms with Gasteiger partial charge < -0.3 is 9.72 Å². The minimum Gasteiger partial charge on any atom is -0.326 e. The average molecular weight is 418 g/mol. The van der Waals surface area contributed by atoms with Crippen LogP contribution in [0.2, 0.25) is 5.02 Å². The zero-order valence-electron chi connectivity index (χ0n) is 17.6. The Morgan fingerprint density at radius 1 is 0.967 bits per heavy atom. The van der Waals surface area contributed by atoms with Gasteiger partial charge in [0.05, 0.1) is 17.8 Å². The summed E-state index contributed by atoms with van der Waals surface area (Å²) in [5.41, 5.74) is 8.81. The summed E-state index contributed by atoms with van der Waals surface area (Å²) in [4.78, 5) is 17.9. The highest BCUT2D eigenvalue weighted by molar-refractivity contribution is 6.30. The van der Waals surface area contributed by atoms with Crippen LogP contribution in [0.5, 0.6) is 0 Å². The van der Waals surface area contributed by atoms with Crippen LogP contribution in [0.3, 0.4) is 0 Å². The van der Waals surface area contributed by atoms with Crippen molar-refractivity contribution >= 4 is 28.8 Å². The molecule has 2 aromatic carbocycles. The van der Waals surface area contributed by atoms with Crippen LogP contribution in [0.1, 0.15) is 27.9 Å². The molecule has 152 valence electrons. The molecule has 4 rings (SSSR count). The van der Waals surface area contributed by atoms with E-state index >= 15 is 0 Å². The number of hydrogen-bond acceptors (Lipinski definition) is 2. The van der Waals surface area contributed by atoms with Crippen LogP contribution in [0.15, 0.2) is 54.7 Å². The fourth-order valence-corrected chi connectivity index (χ4v) is 3.88. The molecule has 5 heteroatoms. The van der Waals surface area contributed by atoms with Gasteiger partial charge >= 0.3 is 0 Å². The van der Waals surface area contributed by atoms with Crippen molar-refractivity contribution < 1.29 is 4.79 Å². The number of amides is 1. The Morgan fingerprint density at radius 3 is 2.50 bits per heavy atom. The molecule has 0 atom stereocenters. The number of anilines is 1. The lowest BCUT2D eigenvalue weighted by Crippen LogP contribution is -2.16. The van der Waals surface area contributed by atoms with Crippen LogP contribution >= 0.6 is 11.6 Å². The summed E-state index contributed by atoms with van der Waals surface area (Å²) in [5, 5.41) is 3.67. The molecular weight excluding hydrogens is 394 g/mol. The largest absolute Gasteiger partial charge is 0.326 e. The average Bonchev–Trinajstić information content (AvgIpc) is 3.06. The number of halogens is 1. The second kappa shape index (κ2) is 7.96. The predicted molar refractivity (Wildman–Crippen MR) is 123 cm³/mol. The molecule has 0 saturated heterocycles. The monoisotopic (exact) mass is 417 g/mol. The van der Waals surface area contributed by atoms with Gasteiger partial charge in [-0.1, -0.05) is 29.8 Å². The Hall–Kier alpha value is -3.11. The Morgan fingerprint density at radius 2 is 1.77 bits per heavy atom. The van der Waals surface area contributed by atoms with Crippen molar-refractivity contribution in [3.05, 3.63) is 87.7 Å². The van der Waals surface area contributed by atoms with Gasteiger partial charge in [0, 0.05) is 22.5 Å². The molecule has 0 radical (unpaired) electrons.